The molecule has 0 atom stereocenters. The first-order valence-corrected chi connectivity index (χ1v) is 9.68. The summed E-state index contributed by atoms with van der Waals surface area (Å²) in [5, 5.41) is 0. The lowest BCUT2D eigenvalue weighted by atomic mass is 9.87. The van der Waals surface area contributed by atoms with Gasteiger partial charge in [0.1, 0.15) is 0 Å². The molecule has 0 unspecified atom stereocenters. The van der Waals surface area contributed by atoms with E-state index in [1.165, 1.54) is 44.9 Å². The molecule has 0 bridgehead atoms. The number of carbonyl (C=O) groups is 2. The molecule has 0 aromatic rings. The summed E-state index contributed by atoms with van der Waals surface area (Å²) in [5.41, 5.74) is 0. The summed E-state index contributed by atoms with van der Waals surface area (Å²) in [5.74, 6) is 0.317. The predicted molar refractivity (Wildman–Crippen MR) is 91.0 cm³/mol. The van der Waals surface area contributed by atoms with Crippen LogP contribution >= 0.6 is 0 Å². The molecule has 0 saturated heterocycles. The Balaban J connectivity index is 1.99. The average Bonchev–Trinajstić information content (AvgIpc) is 2.85. The first-order valence-electron chi connectivity index (χ1n) is 9.68. The van der Waals surface area contributed by atoms with Crippen molar-refractivity contribution in [2.24, 2.45) is 5.92 Å². The average molecular weight is 323 g/mol. The molecule has 4 heteroatoms. The van der Waals surface area contributed by atoms with Crippen molar-refractivity contribution in [2.75, 3.05) is 13.2 Å². The summed E-state index contributed by atoms with van der Waals surface area (Å²) < 4.78 is 5.05. The van der Waals surface area contributed by atoms with E-state index in [1.807, 2.05) is 6.92 Å². The Hall–Kier alpha value is -1.06. The molecule has 0 N–H and O–H groups in total. The molecule has 0 spiro atoms. The summed E-state index contributed by atoms with van der Waals surface area (Å²) in [4.78, 5) is 26.8. The van der Waals surface area contributed by atoms with Gasteiger partial charge < -0.3 is 9.64 Å². The molecule has 2 saturated carbocycles. The normalized spacial score (nSPS) is 20.7. The Bertz CT molecular complexity index is 369. The number of ether oxygens (including phenoxy) is 1. The summed E-state index contributed by atoms with van der Waals surface area (Å²) in [6, 6.07) is 0.335. The number of esters is 1. The van der Waals surface area contributed by atoms with Crippen LogP contribution in [-0.2, 0) is 14.3 Å². The van der Waals surface area contributed by atoms with E-state index in [9.17, 15) is 9.59 Å². The highest BCUT2D eigenvalue weighted by atomic mass is 16.5. The minimum absolute atomic E-state index is 0.178. The summed E-state index contributed by atoms with van der Waals surface area (Å²) >= 11 is 0. The van der Waals surface area contributed by atoms with E-state index in [4.69, 9.17) is 4.74 Å². The third kappa shape index (κ3) is 5.82. The zero-order valence-electron chi connectivity index (χ0n) is 14.7. The minimum atomic E-state index is -0.178. The van der Waals surface area contributed by atoms with Gasteiger partial charge in [-0.25, -0.2) is 0 Å². The first-order chi connectivity index (χ1) is 11.2. The van der Waals surface area contributed by atoms with Crippen LogP contribution in [0.25, 0.3) is 0 Å². The van der Waals surface area contributed by atoms with Crippen LogP contribution in [0.15, 0.2) is 0 Å². The Kier molecular flexibility index (Phi) is 7.90. The van der Waals surface area contributed by atoms with E-state index in [2.05, 4.69) is 4.90 Å². The molecule has 0 heterocycles. The molecule has 2 rings (SSSR count). The number of carbonyl (C=O) groups excluding carboxylic acids is 2. The van der Waals surface area contributed by atoms with Crippen LogP contribution in [0.2, 0.25) is 0 Å². The minimum Gasteiger partial charge on any atom is -0.466 e. The van der Waals surface area contributed by atoms with Crippen molar-refractivity contribution in [3.8, 4) is 0 Å². The summed E-state index contributed by atoms with van der Waals surface area (Å²) in [7, 11) is 0. The Labute approximate surface area is 140 Å². The Morgan fingerprint density at radius 1 is 0.913 bits per heavy atom. The van der Waals surface area contributed by atoms with Gasteiger partial charge in [0.15, 0.2) is 0 Å². The molecule has 0 aromatic heterocycles. The van der Waals surface area contributed by atoms with Crippen LogP contribution in [-0.4, -0.2) is 36.0 Å². The van der Waals surface area contributed by atoms with Crippen LogP contribution in [0.1, 0.15) is 84.0 Å². The maximum atomic E-state index is 13.1. The molecule has 2 fully saturated rings. The lowest BCUT2D eigenvalue weighted by molar-refractivity contribution is -0.145. The SMILES string of the molecule is CCOC(=O)CCN(C(=O)C1CCCCC1)C1CCCCCC1. The third-order valence-electron chi connectivity index (χ3n) is 5.37. The maximum absolute atomic E-state index is 13.1. The van der Waals surface area contributed by atoms with E-state index < -0.39 is 0 Å². The fourth-order valence-electron chi connectivity index (χ4n) is 4.07. The highest BCUT2D eigenvalue weighted by molar-refractivity contribution is 5.80. The van der Waals surface area contributed by atoms with Crippen LogP contribution in [0, 0.1) is 5.92 Å². The van der Waals surface area contributed by atoms with E-state index in [-0.39, 0.29) is 11.9 Å². The summed E-state index contributed by atoms with van der Waals surface area (Å²) in [6.45, 7) is 2.78. The van der Waals surface area contributed by atoms with Gasteiger partial charge in [0.2, 0.25) is 5.91 Å². The van der Waals surface area contributed by atoms with Gasteiger partial charge in [-0.2, -0.15) is 0 Å². The maximum Gasteiger partial charge on any atom is 0.307 e. The van der Waals surface area contributed by atoms with Gasteiger partial charge in [0.25, 0.3) is 0 Å². The van der Waals surface area contributed by atoms with Crippen molar-refractivity contribution in [3.63, 3.8) is 0 Å². The van der Waals surface area contributed by atoms with Crippen molar-refractivity contribution in [1.82, 2.24) is 4.90 Å². The molecule has 1 amide bonds. The van der Waals surface area contributed by atoms with Gasteiger partial charge in [-0.15, -0.1) is 0 Å². The number of rotatable bonds is 6. The van der Waals surface area contributed by atoms with Crippen LogP contribution in [0.3, 0.4) is 0 Å². The fourth-order valence-corrected chi connectivity index (χ4v) is 4.07. The molecule has 0 aliphatic heterocycles. The largest absolute Gasteiger partial charge is 0.466 e. The van der Waals surface area contributed by atoms with E-state index in [0.717, 1.165) is 25.7 Å². The van der Waals surface area contributed by atoms with Crippen LogP contribution in [0.4, 0.5) is 0 Å². The molecule has 2 aliphatic carbocycles. The quantitative estimate of drug-likeness (QED) is 0.547. The molecule has 0 radical (unpaired) electrons. The van der Waals surface area contributed by atoms with Crippen molar-refractivity contribution in [2.45, 2.75) is 90.0 Å². The van der Waals surface area contributed by atoms with E-state index >= 15 is 0 Å². The topological polar surface area (TPSA) is 46.6 Å². The second-order valence-electron chi connectivity index (χ2n) is 7.07. The second kappa shape index (κ2) is 9.94. The third-order valence-corrected chi connectivity index (χ3v) is 5.37. The van der Waals surface area contributed by atoms with Gasteiger partial charge in [0.05, 0.1) is 13.0 Å². The fraction of sp³-hybridized carbons (Fsp3) is 0.895. The van der Waals surface area contributed by atoms with Crippen molar-refractivity contribution in [3.05, 3.63) is 0 Å². The molecular formula is C19H33NO3. The molecule has 2 aliphatic rings. The van der Waals surface area contributed by atoms with Crippen LogP contribution in [0.5, 0.6) is 0 Å². The summed E-state index contributed by atoms with van der Waals surface area (Å²) in [6.07, 6.45) is 13.2. The highest BCUT2D eigenvalue weighted by Crippen LogP contribution is 2.29. The van der Waals surface area contributed by atoms with Crippen molar-refractivity contribution < 1.29 is 14.3 Å². The number of nitrogens with zero attached hydrogens (tertiary/aromatic N) is 1. The first kappa shape index (κ1) is 18.3. The molecule has 0 aromatic carbocycles. The standard InChI is InChI=1S/C19H33NO3/c1-2-23-18(21)14-15-20(17-12-8-3-4-9-13-17)19(22)16-10-6-5-7-11-16/h16-17H,2-15H2,1H3. The zero-order chi connectivity index (χ0) is 16.5. The van der Waals surface area contributed by atoms with Crippen molar-refractivity contribution in [1.29, 1.82) is 0 Å². The van der Waals surface area contributed by atoms with Crippen molar-refractivity contribution >= 4 is 11.9 Å². The molecule has 23 heavy (non-hydrogen) atoms. The smallest absolute Gasteiger partial charge is 0.307 e. The van der Waals surface area contributed by atoms with Gasteiger partial charge >= 0.3 is 5.97 Å². The number of hydrogen-bond donors (Lipinski definition) is 0. The Morgan fingerprint density at radius 3 is 2.09 bits per heavy atom. The van der Waals surface area contributed by atoms with Crippen LogP contribution < -0.4 is 0 Å². The molecule has 132 valence electrons. The van der Waals surface area contributed by atoms with Gasteiger partial charge in [0, 0.05) is 18.5 Å². The lowest BCUT2D eigenvalue weighted by Gasteiger charge is -2.35. The number of hydrogen-bond acceptors (Lipinski definition) is 3. The van der Waals surface area contributed by atoms with Gasteiger partial charge in [-0.1, -0.05) is 44.9 Å². The lowest BCUT2D eigenvalue weighted by Crippen LogP contribution is -2.45. The monoisotopic (exact) mass is 323 g/mol. The van der Waals surface area contributed by atoms with E-state index in [0.29, 0.717) is 31.5 Å². The molecular weight excluding hydrogens is 290 g/mol. The number of amides is 1. The molecule has 4 nitrogen and oxygen atoms in total. The Morgan fingerprint density at radius 2 is 1.48 bits per heavy atom. The van der Waals surface area contributed by atoms with E-state index in [1.54, 1.807) is 0 Å². The zero-order valence-corrected chi connectivity index (χ0v) is 14.7. The highest BCUT2D eigenvalue weighted by Gasteiger charge is 2.31. The predicted octanol–water partition coefficient (Wildman–Crippen LogP) is 4.07. The van der Waals surface area contributed by atoms with Gasteiger partial charge in [-0.3, -0.25) is 9.59 Å². The van der Waals surface area contributed by atoms with Gasteiger partial charge in [-0.05, 0) is 32.6 Å². The second-order valence-corrected chi connectivity index (χ2v) is 7.07.